The predicted octanol–water partition coefficient (Wildman–Crippen LogP) is 2.63. The van der Waals surface area contributed by atoms with Gasteiger partial charge in [0, 0.05) is 0 Å². The maximum absolute atomic E-state index is 13.5. The first kappa shape index (κ1) is 15.2. The van der Waals surface area contributed by atoms with Gasteiger partial charge in [0.05, 0.1) is 29.4 Å². The van der Waals surface area contributed by atoms with Crippen molar-refractivity contribution >= 4 is 5.69 Å². The minimum absolute atomic E-state index is 0.00367. The van der Waals surface area contributed by atoms with Crippen molar-refractivity contribution < 1.29 is 4.39 Å². The van der Waals surface area contributed by atoms with Crippen molar-refractivity contribution in [3.05, 3.63) is 77.6 Å². The maximum Gasteiger partial charge on any atom is 0.140 e. The predicted molar refractivity (Wildman–Crippen MR) is 83.9 cm³/mol. The highest BCUT2D eigenvalue weighted by molar-refractivity contribution is 5.50. The molecule has 0 N–H and O–H groups in total. The van der Waals surface area contributed by atoms with Crippen molar-refractivity contribution in [1.82, 2.24) is 14.9 Å². The summed E-state index contributed by atoms with van der Waals surface area (Å²) in [6, 6.07) is 15.3. The maximum atomic E-state index is 13.5. The molecule has 3 rings (SSSR count). The lowest BCUT2D eigenvalue weighted by molar-refractivity contribution is 0.621. The van der Waals surface area contributed by atoms with Crippen LogP contribution < -0.4 is 5.01 Å². The van der Waals surface area contributed by atoms with Crippen LogP contribution in [0.25, 0.3) is 0 Å². The molecule has 0 radical (unpaired) electrons. The Hall–Kier alpha value is -3.71. The van der Waals surface area contributed by atoms with E-state index in [0.717, 1.165) is 11.3 Å². The number of hydrogen-bond acceptors (Lipinski definition) is 5. The third-order valence-corrected chi connectivity index (χ3v) is 3.46. The molecule has 1 heterocycles. The van der Waals surface area contributed by atoms with Crippen LogP contribution in [0.15, 0.2) is 55.1 Å². The van der Waals surface area contributed by atoms with Crippen molar-refractivity contribution in [3.8, 4) is 12.1 Å². The number of rotatable bonds is 4. The van der Waals surface area contributed by atoms with E-state index in [4.69, 9.17) is 10.5 Å². The van der Waals surface area contributed by atoms with Crippen molar-refractivity contribution in [2.24, 2.45) is 0 Å². The molecule has 0 aliphatic rings. The summed E-state index contributed by atoms with van der Waals surface area (Å²) in [6.45, 7) is 0.374. The van der Waals surface area contributed by atoms with Gasteiger partial charge in [-0.25, -0.2) is 9.07 Å². The Kier molecular flexibility index (Phi) is 4.17. The molecular weight excluding hydrogens is 307 g/mol. The molecule has 6 nitrogen and oxygen atoms in total. The lowest BCUT2D eigenvalue weighted by atomic mass is 10.1. The van der Waals surface area contributed by atoms with Crippen LogP contribution in [0.1, 0.15) is 16.7 Å². The summed E-state index contributed by atoms with van der Waals surface area (Å²) in [7, 11) is 0. The largest absolute Gasteiger partial charge is 0.274 e. The molecule has 2 aromatic carbocycles. The molecule has 3 aromatic rings. The van der Waals surface area contributed by atoms with E-state index in [2.05, 4.69) is 16.3 Å². The lowest BCUT2D eigenvalue weighted by Crippen LogP contribution is -2.27. The summed E-state index contributed by atoms with van der Waals surface area (Å²) in [4.78, 5) is 0. The molecule has 0 amide bonds. The van der Waals surface area contributed by atoms with E-state index in [-0.39, 0.29) is 5.56 Å². The molecule has 0 unspecified atom stereocenters. The zero-order valence-corrected chi connectivity index (χ0v) is 12.5. The zero-order chi connectivity index (χ0) is 16.9. The lowest BCUT2D eigenvalue weighted by Gasteiger charge is -2.25. The summed E-state index contributed by atoms with van der Waals surface area (Å²) < 4.78 is 15.2. The van der Waals surface area contributed by atoms with Gasteiger partial charge < -0.3 is 0 Å². The third kappa shape index (κ3) is 3.06. The summed E-state index contributed by atoms with van der Waals surface area (Å²) >= 11 is 0. The molecule has 0 fully saturated rings. The molecule has 1 aromatic heterocycles. The van der Waals surface area contributed by atoms with Crippen LogP contribution >= 0.6 is 0 Å². The Balaban J connectivity index is 1.97. The normalized spacial score (nSPS) is 9.96. The van der Waals surface area contributed by atoms with Crippen LogP contribution in [0.4, 0.5) is 10.1 Å². The number of nitriles is 2. The highest BCUT2D eigenvalue weighted by Gasteiger charge is 2.12. The summed E-state index contributed by atoms with van der Waals surface area (Å²) in [5.74, 6) is -0.546. The van der Waals surface area contributed by atoms with Crippen LogP contribution in [0, 0.1) is 28.5 Å². The SMILES string of the molecule is N#Cc1ccc(N(Cc2ccc(F)c(C#N)c2)n2cnnc2)cc1. The average molecular weight is 318 g/mol. The van der Waals surface area contributed by atoms with Crippen molar-refractivity contribution in [2.45, 2.75) is 6.54 Å². The van der Waals surface area contributed by atoms with E-state index in [1.54, 1.807) is 35.0 Å². The number of halogens is 1. The molecule has 116 valence electrons. The molecule has 0 spiro atoms. The molecule has 0 aliphatic carbocycles. The standard InChI is InChI=1S/C17H11FN6/c18-17-6-3-14(7-15(17)9-20)10-24(23-11-21-22-12-23)16-4-1-13(8-19)2-5-16/h1-7,11-12H,10H2. The highest BCUT2D eigenvalue weighted by atomic mass is 19.1. The Morgan fingerprint density at radius 3 is 2.33 bits per heavy atom. The van der Waals surface area contributed by atoms with E-state index in [1.165, 1.54) is 24.8 Å². The molecule has 0 atom stereocenters. The minimum Gasteiger partial charge on any atom is -0.274 e. The zero-order valence-electron chi connectivity index (χ0n) is 12.5. The number of benzene rings is 2. The van der Waals surface area contributed by atoms with Crippen molar-refractivity contribution in [2.75, 3.05) is 5.01 Å². The van der Waals surface area contributed by atoms with Gasteiger partial charge in [0.15, 0.2) is 0 Å². The molecule has 0 saturated carbocycles. The fourth-order valence-electron chi connectivity index (χ4n) is 2.26. The van der Waals surface area contributed by atoms with Gasteiger partial charge in [-0.15, -0.1) is 10.2 Å². The Morgan fingerprint density at radius 2 is 1.71 bits per heavy atom. The van der Waals surface area contributed by atoms with Crippen LogP contribution in [0.2, 0.25) is 0 Å². The third-order valence-electron chi connectivity index (χ3n) is 3.46. The van der Waals surface area contributed by atoms with E-state index in [9.17, 15) is 4.39 Å². The molecular formula is C17H11FN6. The van der Waals surface area contributed by atoms with Gasteiger partial charge in [-0.1, -0.05) is 6.07 Å². The fraction of sp³-hybridized carbons (Fsp3) is 0.0588. The Bertz CT molecular complexity index is 919. The van der Waals surface area contributed by atoms with Gasteiger partial charge >= 0.3 is 0 Å². The molecule has 0 saturated heterocycles. The van der Waals surface area contributed by atoms with Crippen LogP contribution in [-0.4, -0.2) is 14.9 Å². The second-order valence-electron chi connectivity index (χ2n) is 4.98. The van der Waals surface area contributed by atoms with Crippen LogP contribution in [-0.2, 0) is 6.54 Å². The first-order valence-corrected chi connectivity index (χ1v) is 7.02. The second kappa shape index (κ2) is 6.59. The molecule has 0 bridgehead atoms. The van der Waals surface area contributed by atoms with Crippen LogP contribution in [0.3, 0.4) is 0 Å². The van der Waals surface area contributed by atoms with Gasteiger partial charge in [-0.2, -0.15) is 10.5 Å². The first-order valence-electron chi connectivity index (χ1n) is 7.02. The van der Waals surface area contributed by atoms with Gasteiger partial charge in [0.1, 0.15) is 24.5 Å². The van der Waals surface area contributed by atoms with Gasteiger partial charge in [0.25, 0.3) is 0 Å². The second-order valence-corrected chi connectivity index (χ2v) is 4.98. The average Bonchev–Trinajstić information content (AvgIpc) is 3.15. The van der Waals surface area contributed by atoms with E-state index >= 15 is 0 Å². The molecule has 24 heavy (non-hydrogen) atoms. The van der Waals surface area contributed by atoms with Crippen molar-refractivity contribution in [1.29, 1.82) is 10.5 Å². The molecule has 0 aliphatic heterocycles. The highest BCUT2D eigenvalue weighted by Crippen LogP contribution is 2.20. The topological polar surface area (TPSA) is 81.5 Å². The minimum atomic E-state index is -0.546. The molecule has 7 heteroatoms. The monoisotopic (exact) mass is 318 g/mol. The number of anilines is 1. The summed E-state index contributed by atoms with van der Waals surface area (Å²) in [5, 5.41) is 27.3. The Labute approximate surface area is 137 Å². The first-order chi connectivity index (χ1) is 11.7. The quantitative estimate of drug-likeness (QED) is 0.738. The smallest absolute Gasteiger partial charge is 0.140 e. The van der Waals surface area contributed by atoms with E-state index < -0.39 is 5.82 Å². The van der Waals surface area contributed by atoms with Crippen LogP contribution in [0.5, 0.6) is 0 Å². The number of aromatic nitrogens is 3. The van der Waals surface area contributed by atoms with Gasteiger partial charge in [0.2, 0.25) is 0 Å². The van der Waals surface area contributed by atoms with E-state index in [1.807, 2.05) is 11.1 Å². The number of hydrogen-bond donors (Lipinski definition) is 0. The Morgan fingerprint density at radius 1 is 1.00 bits per heavy atom. The van der Waals surface area contributed by atoms with Gasteiger partial charge in [-0.05, 0) is 42.0 Å². The number of nitrogens with zero attached hydrogens (tertiary/aromatic N) is 6. The summed E-state index contributed by atoms with van der Waals surface area (Å²) in [5.41, 5.74) is 2.11. The fourth-order valence-corrected chi connectivity index (χ4v) is 2.26. The summed E-state index contributed by atoms with van der Waals surface area (Å²) in [6.07, 6.45) is 3.07. The van der Waals surface area contributed by atoms with Crippen molar-refractivity contribution in [3.63, 3.8) is 0 Å². The van der Waals surface area contributed by atoms with Gasteiger partial charge in [-0.3, -0.25) is 5.01 Å². The van der Waals surface area contributed by atoms with E-state index in [0.29, 0.717) is 12.1 Å².